The third-order valence-electron chi connectivity index (χ3n) is 6.55. The van der Waals surface area contributed by atoms with Gasteiger partial charge in [0.25, 0.3) is 0 Å². The minimum Gasteiger partial charge on any atom is -0.481 e. The molecule has 1 aromatic rings. The molecule has 32 heavy (non-hydrogen) atoms. The van der Waals surface area contributed by atoms with E-state index in [-0.39, 0.29) is 30.6 Å². The van der Waals surface area contributed by atoms with Crippen molar-refractivity contribution < 1.29 is 19.7 Å². The predicted octanol–water partition coefficient (Wildman–Crippen LogP) is 5.42. The minimum absolute atomic E-state index is 0.0152. The average Bonchev–Trinajstić information content (AvgIpc) is 3.10. The van der Waals surface area contributed by atoms with Gasteiger partial charge >= 0.3 is 5.97 Å². The van der Waals surface area contributed by atoms with Crippen LogP contribution in [0.25, 0.3) is 0 Å². The Morgan fingerprint density at radius 2 is 1.88 bits per heavy atom. The lowest BCUT2D eigenvalue weighted by Crippen LogP contribution is -2.43. The molecule has 5 heteroatoms. The summed E-state index contributed by atoms with van der Waals surface area (Å²) < 4.78 is 6.32. The lowest BCUT2D eigenvalue weighted by atomic mass is 9.95. The van der Waals surface area contributed by atoms with Crippen molar-refractivity contribution in [3.05, 3.63) is 48.0 Å². The van der Waals surface area contributed by atoms with Gasteiger partial charge in [-0.15, -0.1) is 0 Å². The molecule has 0 spiro atoms. The molecule has 5 nitrogen and oxygen atoms in total. The van der Waals surface area contributed by atoms with E-state index in [0.717, 1.165) is 31.4 Å². The molecule has 1 aliphatic rings. The smallest absolute Gasteiger partial charge is 0.303 e. The number of likely N-dealkylation sites (N-methyl/N-ethyl adjacent to an activating group) is 1. The zero-order valence-electron chi connectivity index (χ0n) is 20.0. The second kappa shape index (κ2) is 15.2. The van der Waals surface area contributed by atoms with Gasteiger partial charge in [0.05, 0.1) is 18.8 Å². The number of carboxylic acids is 1. The maximum Gasteiger partial charge on any atom is 0.303 e. The van der Waals surface area contributed by atoms with E-state index < -0.39 is 5.97 Å². The Balaban J connectivity index is 1.95. The van der Waals surface area contributed by atoms with Gasteiger partial charge in [-0.1, -0.05) is 75.1 Å². The van der Waals surface area contributed by atoms with Gasteiger partial charge in [0.2, 0.25) is 0 Å². The van der Waals surface area contributed by atoms with E-state index in [1.807, 2.05) is 18.2 Å². The van der Waals surface area contributed by atoms with Crippen LogP contribution in [-0.2, 0) is 16.1 Å². The Morgan fingerprint density at radius 3 is 2.59 bits per heavy atom. The van der Waals surface area contributed by atoms with Gasteiger partial charge in [0.15, 0.2) is 0 Å². The van der Waals surface area contributed by atoms with Crippen molar-refractivity contribution >= 4 is 5.97 Å². The van der Waals surface area contributed by atoms with Crippen LogP contribution in [0.15, 0.2) is 42.5 Å². The number of hydrogen-bond donors (Lipinski definition) is 2. The molecule has 0 heterocycles. The lowest BCUT2D eigenvalue weighted by Gasteiger charge is -2.33. The molecule has 0 bridgehead atoms. The van der Waals surface area contributed by atoms with E-state index in [1.165, 1.54) is 25.7 Å². The Labute approximate surface area is 194 Å². The number of nitrogens with zero attached hydrogens (tertiary/aromatic N) is 1. The van der Waals surface area contributed by atoms with Crippen LogP contribution in [0.2, 0.25) is 0 Å². The molecule has 4 atom stereocenters. The summed E-state index contributed by atoms with van der Waals surface area (Å²) in [6.07, 6.45) is 13.2. The topological polar surface area (TPSA) is 70.0 Å². The van der Waals surface area contributed by atoms with Gasteiger partial charge in [-0.25, -0.2) is 0 Å². The van der Waals surface area contributed by atoms with Crippen molar-refractivity contribution in [2.45, 2.75) is 96.0 Å². The third-order valence-corrected chi connectivity index (χ3v) is 6.55. The zero-order valence-corrected chi connectivity index (χ0v) is 20.0. The summed E-state index contributed by atoms with van der Waals surface area (Å²) in [6, 6.07) is 10.3. The van der Waals surface area contributed by atoms with Crippen LogP contribution < -0.4 is 0 Å². The highest BCUT2D eigenvalue weighted by Crippen LogP contribution is 2.36. The van der Waals surface area contributed by atoms with E-state index in [0.29, 0.717) is 19.4 Å². The monoisotopic (exact) mass is 445 g/mol. The number of carboxylic acid groups (broad SMARTS) is 1. The molecule has 0 saturated heterocycles. The molecule has 0 radical (unpaired) electrons. The zero-order chi connectivity index (χ0) is 23.2. The molecule has 1 aliphatic carbocycles. The summed E-state index contributed by atoms with van der Waals surface area (Å²) in [5.74, 6) is -0.516. The summed E-state index contributed by atoms with van der Waals surface area (Å²) in [7, 11) is 2.14. The van der Waals surface area contributed by atoms with Crippen molar-refractivity contribution in [3.8, 4) is 0 Å². The molecule has 1 fully saturated rings. The highest BCUT2D eigenvalue weighted by molar-refractivity contribution is 5.66. The number of rotatable bonds is 16. The quantitative estimate of drug-likeness (QED) is 0.262. The molecule has 0 aliphatic heterocycles. The first-order chi connectivity index (χ1) is 15.5. The summed E-state index contributed by atoms with van der Waals surface area (Å²) in [4.78, 5) is 13.0. The Morgan fingerprint density at radius 1 is 1.12 bits per heavy atom. The number of unbranched alkanes of at least 4 members (excludes halogenated alkanes) is 5. The first-order valence-electron chi connectivity index (χ1n) is 12.4. The van der Waals surface area contributed by atoms with Gasteiger partial charge in [0, 0.05) is 24.8 Å². The van der Waals surface area contributed by atoms with Crippen molar-refractivity contribution in [1.82, 2.24) is 4.90 Å². The molecule has 0 unspecified atom stereocenters. The summed E-state index contributed by atoms with van der Waals surface area (Å²) in [5.41, 5.74) is 1.15. The summed E-state index contributed by atoms with van der Waals surface area (Å²) in [5, 5.41) is 19.7. The lowest BCUT2D eigenvalue weighted by molar-refractivity contribution is -0.137. The molecular formula is C27H43NO4. The van der Waals surface area contributed by atoms with Crippen LogP contribution in [0.5, 0.6) is 0 Å². The average molecular weight is 446 g/mol. The van der Waals surface area contributed by atoms with Crippen molar-refractivity contribution in [1.29, 1.82) is 0 Å². The fraction of sp³-hybridized carbons (Fsp3) is 0.667. The normalized spacial score (nSPS) is 23.4. The van der Waals surface area contributed by atoms with Gasteiger partial charge < -0.3 is 19.8 Å². The Bertz CT molecular complexity index is 663. The second-order valence-electron chi connectivity index (χ2n) is 9.18. The van der Waals surface area contributed by atoms with Crippen LogP contribution in [0.3, 0.4) is 0 Å². The highest BCUT2D eigenvalue weighted by atomic mass is 16.5. The SMILES string of the molecule is CCCCCCCN(C)[C@@H]1[C@@H](C/C=C\CCCC(=O)O)[C@@H](OCc2ccccc2)C[C@H]1O. The van der Waals surface area contributed by atoms with E-state index in [4.69, 9.17) is 9.84 Å². The Hall–Kier alpha value is -1.69. The molecule has 2 N–H and O–H groups in total. The number of aliphatic hydroxyl groups excluding tert-OH is 1. The van der Waals surface area contributed by atoms with Crippen LogP contribution in [0.4, 0.5) is 0 Å². The number of hydrogen-bond acceptors (Lipinski definition) is 4. The largest absolute Gasteiger partial charge is 0.481 e. The first kappa shape index (κ1) is 26.6. The van der Waals surface area contributed by atoms with Gasteiger partial charge in [-0.3, -0.25) is 4.79 Å². The first-order valence-corrected chi connectivity index (χ1v) is 12.4. The minimum atomic E-state index is -0.743. The molecule has 180 valence electrons. The molecule has 1 aromatic carbocycles. The number of aliphatic hydroxyl groups is 1. The maximum atomic E-state index is 10.9. The van der Waals surface area contributed by atoms with Crippen molar-refractivity contribution in [2.24, 2.45) is 5.92 Å². The van der Waals surface area contributed by atoms with E-state index >= 15 is 0 Å². The van der Waals surface area contributed by atoms with E-state index in [1.54, 1.807) is 0 Å². The number of aliphatic carboxylic acids is 1. The van der Waals surface area contributed by atoms with Crippen LogP contribution in [-0.4, -0.2) is 52.9 Å². The van der Waals surface area contributed by atoms with Crippen LogP contribution in [0, 0.1) is 5.92 Å². The molecular weight excluding hydrogens is 402 g/mol. The molecule has 0 aromatic heterocycles. The van der Waals surface area contributed by atoms with Crippen LogP contribution in [0.1, 0.15) is 76.7 Å². The Kier molecular flexibility index (Phi) is 12.6. The number of benzene rings is 1. The van der Waals surface area contributed by atoms with E-state index in [9.17, 15) is 9.90 Å². The van der Waals surface area contributed by atoms with E-state index in [2.05, 4.69) is 43.2 Å². The third kappa shape index (κ3) is 9.43. The fourth-order valence-electron chi connectivity index (χ4n) is 4.79. The molecule has 2 rings (SSSR count). The summed E-state index contributed by atoms with van der Waals surface area (Å²) in [6.45, 7) is 3.79. The number of allylic oxidation sites excluding steroid dienone is 2. The standard InChI is InChI=1S/C27H43NO4/c1-3-4-5-8-14-19-28(2)27-23(17-12-6-7-13-18-26(30)31)25(20-24(27)29)32-21-22-15-10-9-11-16-22/h6,9-12,15-16,23-25,27,29H,3-5,7-8,13-14,17-21H2,1-2H3,(H,30,31)/b12-6-/t23-,24+,25-,27+/m0/s1. The molecule has 1 saturated carbocycles. The number of ether oxygens (including phenoxy) is 1. The van der Waals surface area contributed by atoms with Crippen molar-refractivity contribution in [2.75, 3.05) is 13.6 Å². The number of carbonyl (C=O) groups is 1. The molecule has 0 amide bonds. The van der Waals surface area contributed by atoms with Gasteiger partial charge in [-0.05, 0) is 44.8 Å². The predicted molar refractivity (Wildman–Crippen MR) is 130 cm³/mol. The summed E-state index contributed by atoms with van der Waals surface area (Å²) >= 11 is 0. The van der Waals surface area contributed by atoms with Crippen molar-refractivity contribution in [3.63, 3.8) is 0 Å². The van der Waals surface area contributed by atoms with Gasteiger partial charge in [-0.2, -0.15) is 0 Å². The van der Waals surface area contributed by atoms with Gasteiger partial charge in [0.1, 0.15) is 0 Å². The highest BCUT2D eigenvalue weighted by Gasteiger charge is 2.44. The van der Waals surface area contributed by atoms with Crippen LogP contribution >= 0.6 is 0 Å². The fourth-order valence-corrected chi connectivity index (χ4v) is 4.79. The maximum absolute atomic E-state index is 10.9. The second-order valence-corrected chi connectivity index (χ2v) is 9.18.